The molecule has 31 heavy (non-hydrogen) atoms. The predicted octanol–water partition coefficient (Wildman–Crippen LogP) is -0.0780. The quantitative estimate of drug-likeness (QED) is 0.499. The Labute approximate surface area is 184 Å². The first kappa shape index (κ1) is 22.4. The van der Waals surface area contributed by atoms with Gasteiger partial charge in [-0.2, -0.15) is 4.98 Å². The van der Waals surface area contributed by atoms with Gasteiger partial charge in [0.05, 0.1) is 41.8 Å². The van der Waals surface area contributed by atoms with E-state index in [1.165, 1.54) is 0 Å². The van der Waals surface area contributed by atoms with Crippen LogP contribution < -0.4 is 9.80 Å². The van der Waals surface area contributed by atoms with Crippen molar-refractivity contribution in [2.75, 3.05) is 60.9 Å². The van der Waals surface area contributed by atoms with Gasteiger partial charge in [0, 0.05) is 44.7 Å². The number of hydrogen-bond acceptors (Lipinski definition) is 10. The molecule has 0 aliphatic carbocycles. The number of nitrogens with zero attached hydrogens (tertiary/aromatic N) is 4. The number of fused-ring (bicyclic) bond motifs is 1. The van der Waals surface area contributed by atoms with Gasteiger partial charge in [0.2, 0.25) is 5.95 Å². The molecular formula is C19H28N4O6S2. The van der Waals surface area contributed by atoms with Crippen molar-refractivity contribution in [3.63, 3.8) is 0 Å². The Balaban J connectivity index is 1.44. The van der Waals surface area contributed by atoms with E-state index in [0.717, 1.165) is 35.5 Å². The van der Waals surface area contributed by atoms with E-state index in [4.69, 9.17) is 14.5 Å². The maximum Gasteiger partial charge on any atom is 0.307 e. The van der Waals surface area contributed by atoms with Gasteiger partial charge in [-0.3, -0.25) is 9.00 Å². The number of rotatable bonds is 7. The molecule has 12 heteroatoms. The van der Waals surface area contributed by atoms with Gasteiger partial charge < -0.3 is 19.3 Å². The number of ether oxygens (including phenoxy) is 2. The van der Waals surface area contributed by atoms with Crippen molar-refractivity contribution >= 4 is 38.4 Å². The number of hydrogen-bond donors (Lipinski definition) is 0. The highest BCUT2D eigenvalue weighted by Crippen LogP contribution is 2.34. The molecule has 0 bridgehead atoms. The Morgan fingerprint density at radius 2 is 2.00 bits per heavy atom. The first-order valence-electron chi connectivity index (χ1n) is 10.4. The molecule has 1 atom stereocenters. The minimum atomic E-state index is -3.20. The van der Waals surface area contributed by atoms with E-state index in [-0.39, 0.29) is 24.3 Å². The van der Waals surface area contributed by atoms with E-state index in [9.17, 15) is 17.4 Å². The topological polar surface area (TPSA) is 119 Å². The van der Waals surface area contributed by atoms with Crippen LogP contribution in [-0.2, 0) is 41.3 Å². The third-order valence-electron chi connectivity index (χ3n) is 5.84. The first-order valence-corrected chi connectivity index (χ1v) is 13.8. The molecule has 3 aliphatic rings. The van der Waals surface area contributed by atoms with Crippen LogP contribution in [-0.4, -0.2) is 91.8 Å². The van der Waals surface area contributed by atoms with Crippen LogP contribution in [0.1, 0.15) is 25.0 Å². The number of anilines is 2. The second-order valence-corrected chi connectivity index (χ2v) is 12.0. The first-order chi connectivity index (χ1) is 14.7. The van der Waals surface area contributed by atoms with Crippen LogP contribution in [0.2, 0.25) is 0 Å². The Bertz CT molecular complexity index is 974. The molecule has 0 saturated carbocycles. The molecule has 2 fully saturated rings. The number of carbonyl (C=O) groups excluding carboxylic acids is 1. The van der Waals surface area contributed by atoms with Crippen LogP contribution in [0.3, 0.4) is 0 Å². The summed E-state index contributed by atoms with van der Waals surface area (Å²) >= 11 is 0. The lowest BCUT2D eigenvalue weighted by molar-refractivity contribution is -0.149. The molecule has 4 rings (SSSR count). The second kappa shape index (κ2) is 8.99. The maximum absolute atomic E-state index is 12.6. The summed E-state index contributed by atoms with van der Waals surface area (Å²) in [6, 6.07) is 0.276. The van der Waals surface area contributed by atoms with Gasteiger partial charge in [0.1, 0.15) is 20.8 Å². The second-order valence-electron chi connectivity index (χ2n) is 8.27. The molecule has 1 aromatic rings. The zero-order chi connectivity index (χ0) is 22.2. The smallest absolute Gasteiger partial charge is 0.307 e. The summed E-state index contributed by atoms with van der Waals surface area (Å²) in [4.78, 5) is 26.0. The molecule has 2 saturated heterocycles. The van der Waals surface area contributed by atoms with Crippen molar-refractivity contribution in [2.24, 2.45) is 0 Å². The van der Waals surface area contributed by atoms with Crippen molar-refractivity contribution in [1.82, 2.24) is 9.97 Å². The summed E-state index contributed by atoms with van der Waals surface area (Å²) in [5.74, 6) is 1.10. The summed E-state index contributed by atoms with van der Waals surface area (Å²) in [5, 5.41) is 0. The number of esters is 1. The van der Waals surface area contributed by atoms with Gasteiger partial charge in [-0.05, 0) is 12.8 Å². The molecule has 0 amide bonds. The predicted molar refractivity (Wildman–Crippen MR) is 116 cm³/mol. The average Bonchev–Trinajstić information content (AvgIpc) is 3.08. The van der Waals surface area contributed by atoms with Crippen LogP contribution in [0.4, 0.5) is 11.8 Å². The average molecular weight is 473 g/mol. The van der Waals surface area contributed by atoms with Crippen LogP contribution >= 0.6 is 0 Å². The number of carbonyl (C=O) groups is 1. The minimum absolute atomic E-state index is 0.142. The lowest BCUT2D eigenvalue weighted by Gasteiger charge is -2.39. The van der Waals surface area contributed by atoms with Gasteiger partial charge in [-0.15, -0.1) is 0 Å². The van der Waals surface area contributed by atoms with Gasteiger partial charge >= 0.3 is 5.97 Å². The lowest BCUT2D eigenvalue weighted by Crippen LogP contribution is -2.54. The fraction of sp³-hybridized carbons (Fsp3) is 0.737. The van der Waals surface area contributed by atoms with Crippen molar-refractivity contribution in [1.29, 1.82) is 0 Å². The third kappa shape index (κ3) is 5.17. The van der Waals surface area contributed by atoms with Crippen LogP contribution in [0.5, 0.6) is 0 Å². The van der Waals surface area contributed by atoms with Crippen molar-refractivity contribution in [2.45, 2.75) is 42.7 Å². The fourth-order valence-corrected chi connectivity index (χ4v) is 5.90. The highest BCUT2D eigenvalue weighted by molar-refractivity contribution is 7.90. The van der Waals surface area contributed by atoms with Crippen molar-refractivity contribution in [3.05, 3.63) is 5.69 Å². The van der Waals surface area contributed by atoms with Crippen LogP contribution in [0.25, 0.3) is 0 Å². The van der Waals surface area contributed by atoms with Gasteiger partial charge in [-0.1, -0.05) is 0 Å². The summed E-state index contributed by atoms with van der Waals surface area (Å²) in [7, 11) is -2.31. The van der Waals surface area contributed by atoms with E-state index in [1.807, 2.05) is 11.9 Å². The molecule has 4 heterocycles. The SMILES string of the molecule is CN(c1nc(N2CC(OC(=O)CCS(C)(=O)=O)C2)nc2c1S(=O)CC2)C1CCOCC1. The molecule has 0 spiro atoms. The standard InChI is InChI=1S/C19H28N4O6S2/c1-22(13-3-7-28-8-4-13)18-17-15(5-9-30(17)25)20-19(21-18)23-11-14(12-23)29-16(24)6-10-31(2,26)27/h13-14H,3-12H2,1-2H3. The van der Waals surface area contributed by atoms with Gasteiger partial charge in [-0.25, -0.2) is 13.4 Å². The monoisotopic (exact) mass is 472 g/mol. The van der Waals surface area contributed by atoms with Crippen LogP contribution in [0.15, 0.2) is 4.90 Å². The zero-order valence-corrected chi connectivity index (χ0v) is 19.4. The largest absolute Gasteiger partial charge is 0.459 e. The van der Waals surface area contributed by atoms with Gasteiger partial charge in [0.15, 0.2) is 5.82 Å². The summed E-state index contributed by atoms with van der Waals surface area (Å²) < 4.78 is 45.8. The molecule has 0 radical (unpaired) electrons. The Hall–Kier alpha value is -1.79. The summed E-state index contributed by atoms with van der Waals surface area (Å²) in [6.45, 7) is 2.31. The maximum atomic E-state index is 12.6. The summed E-state index contributed by atoms with van der Waals surface area (Å²) in [6.07, 6.45) is 3.09. The Morgan fingerprint density at radius 1 is 1.29 bits per heavy atom. The fourth-order valence-electron chi connectivity index (χ4n) is 3.98. The van der Waals surface area contributed by atoms with Crippen molar-refractivity contribution in [3.8, 4) is 0 Å². The molecule has 172 valence electrons. The molecule has 1 aromatic heterocycles. The minimum Gasteiger partial charge on any atom is -0.459 e. The lowest BCUT2D eigenvalue weighted by atomic mass is 10.1. The van der Waals surface area contributed by atoms with E-state index in [2.05, 4.69) is 9.88 Å². The summed E-state index contributed by atoms with van der Waals surface area (Å²) in [5.41, 5.74) is 0.825. The van der Waals surface area contributed by atoms with E-state index >= 15 is 0 Å². The third-order valence-corrected chi connectivity index (χ3v) is 8.23. The zero-order valence-electron chi connectivity index (χ0n) is 17.8. The van der Waals surface area contributed by atoms with Crippen LogP contribution in [0, 0.1) is 0 Å². The van der Waals surface area contributed by atoms with E-state index in [0.29, 0.717) is 44.4 Å². The number of aryl methyl sites for hydroxylation is 1. The molecule has 0 aromatic carbocycles. The van der Waals surface area contributed by atoms with Gasteiger partial charge in [0.25, 0.3) is 0 Å². The van der Waals surface area contributed by atoms with Crippen molar-refractivity contribution < 1.29 is 26.9 Å². The molecule has 1 unspecified atom stereocenters. The number of aromatic nitrogens is 2. The number of sulfone groups is 1. The molecule has 0 N–H and O–H groups in total. The van der Waals surface area contributed by atoms with E-state index in [1.54, 1.807) is 0 Å². The molecule has 3 aliphatic heterocycles. The van der Waals surface area contributed by atoms with E-state index < -0.39 is 26.6 Å². The Kier molecular flexibility index (Phi) is 6.50. The molecular weight excluding hydrogens is 444 g/mol. The highest BCUT2D eigenvalue weighted by atomic mass is 32.2. The molecule has 10 nitrogen and oxygen atoms in total. The Morgan fingerprint density at radius 3 is 2.68 bits per heavy atom. The normalized spacial score (nSPS) is 22.1. The highest BCUT2D eigenvalue weighted by Gasteiger charge is 2.36.